The van der Waals surface area contributed by atoms with E-state index in [1.54, 1.807) is 54.7 Å². The highest BCUT2D eigenvalue weighted by Gasteiger charge is 2.65. The van der Waals surface area contributed by atoms with Crippen LogP contribution in [0.25, 0.3) is 0 Å². The highest BCUT2D eigenvalue weighted by atomic mass is 16.5. The van der Waals surface area contributed by atoms with Gasteiger partial charge in [0.25, 0.3) is 0 Å². The second kappa shape index (κ2) is 7.91. The summed E-state index contributed by atoms with van der Waals surface area (Å²) in [6, 6.07) is 20.4. The molecule has 0 spiro atoms. The van der Waals surface area contributed by atoms with Crippen molar-refractivity contribution in [2.24, 2.45) is 16.9 Å². The Bertz CT molecular complexity index is 1380. The predicted molar refractivity (Wildman–Crippen MR) is 130 cm³/mol. The Labute approximate surface area is 202 Å². The Hall–Kier alpha value is -4.26. The van der Waals surface area contributed by atoms with Crippen molar-refractivity contribution in [2.45, 2.75) is 19.0 Å². The van der Waals surface area contributed by atoms with Gasteiger partial charge >= 0.3 is 0 Å². The van der Waals surface area contributed by atoms with Crippen LogP contribution in [0.4, 0.5) is 5.69 Å². The lowest BCUT2D eigenvalue weighted by molar-refractivity contribution is -0.124. The third-order valence-electron chi connectivity index (χ3n) is 7.23. The molecule has 0 aliphatic carbocycles. The van der Waals surface area contributed by atoms with Crippen LogP contribution < -0.4 is 9.64 Å². The Balaban J connectivity index is 1.47. The van der Waals surface area contributed by atoms with Crippen LogP contribution in [0, 0.1) is 18.8 Å². The SMILES string of the molecule is COc1ccc(C(=O)[C@@H]2[C@@H]3C(=O)N(c4ccc(C)cc4)C(=O)[C@@H]3[C@H]3c4ccccc4C=NN23)cc1. The summed E-state index contributed by atoms with van der Waals surface area (Å²) in [5.41, 5.74) is 3.78. The predicted octanol–water partition coefficient (Wildman–Crippen LogP) is 3.77. The van der Waals surface area contributed by atoms with Crippen molar-refractivity contribution in [1.82, 2.24) is 5.01 Å². The van der Waals surface area contributed by atoms with Gasteiger partial charge in [-0.1, -0.05) is 42.0 Å². The number of methoxy groups -OCH3 is 1. The molecule has 3 heterocycles. The molecular formula is C28H23N3O4. The molecule has 174 valence electrons. The Morgan fingerprint density at radius 1 is 0.886 bits per heavy atom. The number of hydrogen-bond donors (Lipinski definition) is 0. The molecule has 4 atom stereocenters. The number of imide groups is 1. The van der Waals surface area contributed by atoms with E-state index < -0.39 is 23.9 Å². The molecule has 0 bridgehead atoms. The molecule has 3 aliphatic rings. The molecule has 2 saturated heterocycles. The van der Waals surface area contributed by atoms with Crippen LogP contribution >= 0.6 is 0 Å². The molecule has 0 unspecified atom stereocenters. The molecule has 7 heteroatoms. The number of ether oxygens (including phenoxy) is 1. The number of Topliss-reactive ketones (excluding diaryl/α,β-unsaturated/α-hetero) is 1. The van der Waals surface area contributed by atoms with Crippen LogP contribution in [0.5, 0.6) is 5.75 Å². The number of fused-ring (bicyclic) bond motifs is 5. The minimum atomic E-state index is -0.894. The molecule has 2 amide bonds. The minimum absolute atomic E-state index is 0.242. The molecule has 35 heavy (non-hydrogen) atoms. The number of hydrazone groups is 1. The maximum absolute atomic E-state index is 13.9. The maximum atomic E-state index is 13.9. The Morgan fingerprint density at radius 3 is 2.29 bits per heavy atom. The molecular weight excluding hydrogens is 442 g/mol. The highest BCUT2D eigenvalue weighted by molar-refractivity contribution is 6.24. The quantitative estimate of drug-likeness (QED) is 0.433. The van der Waals surface area contributed by atoms with Crippen molar-refractivity contribution in [2.75, 3.05) is 12.0 Å². The highest BCUT2D eigenvalue weighted by Crippen LogP contribution is 2.53. The van der Waals surface area contributed by atoms with Crippen LogP contribution in [0.15, 0.2) is 77.9 Å². The number of carbonyl (C=O) groups is 3. The first-order valence-corrected chi connectivity index (χ1v) is 11.5. The van der Waals surface area contributed by atoms with Crippen molar-refractivity contribution in [3.8, 4) is 5.75 Å². The van der Waals surface area contributed by atoms with E-state index in [2.05, 4.69) is 5.10 Å². The topological polar surface area (TPSA) is 79.3 Å². The van der Waals surface area contributed by atoms with Gasteiger partial charge in [0.15, 0.2) is 5.78 Å². The summed E-state index contributed by atoms with van der Waals surface area (Å²) >= 11 is 0. The normalized spacial score (nSPS) is 24.3. The number of benzene rings is 3. The molecule has 6 rings (SSSR count). The lowest BCUT2D eigenvalue weighted by atomic mass is 9.83. The van der Waals surface area contributed by atoms with Gasteiger partial charge in [-0.25, -0.2) is 4.90 Å². The molecule has 3 aromatic carbocycles. The van der Waals surface area contributed by atoms with Crippen LogP contribution in [0.2, 0.25) is 0 Å². The first-order chi connectivity index (χ1) is 17.0. The van der Waals surface area contributed by atoms with Gasteiger partial charge in [-0.15, -0.1) is 0 Å². The summed E-state index contributed by atoms with van der Waals surface area (Å²) in [5.74, 6) is -1.82. The third-order valence-corrected chi connectivity index (χ3v) is 7.23. The lowest BCUT2D eigenvalue weighted by Gasteiger charge is -2.33. The third kappa shape index (κ3) is 3.11. The van der Waals surface area contributed by atoms with Crippen LogP contribution in [0.1, 0.15) is 33.1 Å². The molecule has 7 nitrogen and oxygen atoms in total. The van der Waals surface area contributed by atoms with Crippen molar-refractivity contribution in [1.29, 1.82) is 0 Å². The zero-order chi connectivity index (χ0) is 24.3. The monoisotopic (exact) mass is 465 g/mol. The zero-order valence-electron chi connectivity index (χ0n) is 19.3. The minimum Gasteiger partial charge on any atom is -0.497 e. The number of rotatable bonds is 4. The van der Waals surface area contributed by atoms with E-state index in [9.17, 15) is 14.4 Å². The molecule has 0 saturated carbocycles. The molecule has 0 radical (unpaired) electrons. The van der Waals surface area contributed by atoms with E-state index in [-0.39, 0.29) is 17.6 Å². The van der Waals surface area contributed by atoms with Crippen LogP contribution in [-0.2, 0) is 9.59 Å². The van der Waals surface area contributed by atoms with E-state index in [1.807, 2.05) is 43.3 Å². The number of aryl methyl sites for hydroxylation is 1. The molecule has 2 fully saturated rings. The number of carbonyl (C=O) groups excluding carboxylic acids is 3. The van der Waals surface area contributed by atoms with E-state index in [0.29, 0.717) is 17.0 Å². The van der Waals surface area contributed by atoms with Crippen molar-refractivity contribution in [3.05, 3.63) is 95.1 Å². The van der Waals surface area contributed by atoms with Crippen molar-refractivity contribution < 1.29 is 19.1 Å². The fraction of sp³-hybridized carbons (Fsp3) is 0.214. The second-order valence-electron chi connectivity index (χ2n) is 9.13. The first-order valence-electron chi connectivity index (χ1n) is 11.5. The van der Waals surface area contributed by atoms with Crippen molar-refractivity contribution >= 4 is 29.5 Å². The summed E-state index contributed by atoms with van der Waals surface area (Å²) in [4.78, 5) is 42.8. The number of nitrogens with zero attached hydrogens (tertiary/aromatic N) is 3. The Morgan fingerprint density at radius 2 is 1.57 bits per heavy atom. The van der Waals surface area contributed by atoms with Gasteiger partial charge < -0.3 is 4.74 Å². The number of amides is 2. The number of hydrogen-bond acceptors (Lipinski definition) is 6. The van der Waals surface area contributed by atoms with E-state index in [0.717, 1.165) is 16.7 Å². The smallest absolute Gasteiger partial charge is 0.240 e. The lowest BCUT2D eigenvalue weighted by Crippen LogP contribution is -2.44. The fourth-order valence-electron chi connectivity index (χ4n) is 5.54. The summed E-state index contributed by atoms with van der Waals surface area (Å²) in [6.07, 6.45) is 1.70. The van der Waals surface area contributed by atoms with E-state index >= 15 is 0 Å². The zero-order valence-corrected chi connectivity index (χ0v) is 19.3. The summed E-state index contributed by atoms with van der Waals surface area (Å²) in [5, 5.41) is 6.27. The number of ketones is 1. The van der Waals surface area contributed by atoms with Crippen LogP contribution in [-0.4, -0.2) is 42.0 Å². The second-order valence-corrected chi connectivity index (χ2v) is 9.13. The standard InChI is InChI=1S/C28H23N3O4/c1-16-7-11-19(12-8-16)30-27(33)22-23(28(30)34)25(26(32)17-9-13-20(35-2)14-10-17)31-24(22)21-6-4-3-5-18(21)15-29-31/h3-15,22-25H,1-2H3/t22-,23+,24+,25-/m0/s1. The largest absolute Gasteiger partial charge is 0.497 e. The molecule has 3 aliphatic heterocycles. The van der Waals surface area contributed by atoms with Gasteiger partial charge in [-0.2, -0.15) is 5.10 Å². The summed E-state index contributed by atoms with van der Waals surface area (Å²) in [7, 11) is 1.56. The van der Waals surface area contributed by atoms with Crippen LogP contribution in [0.3, 0.4) is 0 Å². The van der Waals surface area contributed by atoms with Gasteiger partial charge in [0.2, 0.25) is 11.8 Å². The average molecular weight is 466 g/mol. The maximum Gasteiger partial charge on any atom is 0.240 e. The Kier molecular flexibility index (Phi) is 4.81. The molecule has 0 N–H and O–H groups in total. The van der Waals surface area contributed by atoms with E-state index in [4.69, 9.17) is 4.74 Å². The van der Waals surface area contributed by atoms with Gasteiger partial charge in [0.05, 0.1) is 36.9 Å². The van der Waals surface area contributed by atoms with E-state index in [1.165, 1.54) is 4.90 Å². The summed E-state index contributed by atoms with van der Waals surface area (Å²) in [6.45, 7) is 1.95. The van der Waals surface area contributed by atoms with Gasteiger partial charge in [0, 0.05) is 5.56 Å². The van der Waals surface area contributed by atoms with Gasteiger partial charge in [0.1, 0.15) is 11.8 Å². The summed E-state index contributed by atoms with van der Waals surface area (Å²) < 4.78 is 5.22. The average Bonchev–Trinajstić information content (AvgIpc) is 3.37. The first kappa shape index (κ1) is 21.3. The van der Waals surface area contributed by atoms with Gasteiger partial charge in [-0.05, 0) is 54.4 Å². The van der Waals surface area contributed by atoms with Crippen molar-refractivity contribution in [3.63, 3.8) is 0 Å². The van der Waals surface area contributed by atoms with Gasteiger partial charge in [-0.3, -0.25) is 19.4 Å². The molecule has 0 aromatic heterocycles. The fourth-order valence-corrected chi connectivity index (χ4v) is 5.54. The number of anilines is 1. The molecule has 3 aromatic rings.